The van der Waals surface area contributed by atoms with E-state index in [4.69, 9.17) is 14.2 Å². The maximum absolute atomic E-state index is 12.9. The molecule has 0 aliphatic carbocycles. The molecule has 0 amide bonds. The number of esters is 3. The van der Waals surface area contributed by atoms with Crippen LogP contribution in [-0.2, 0) is 28.6 Å². The lowest BCUT2D eigenvalue weighted by atomic mass is 10.0. The topological polar surface area (TPSA) is 78.9 Å². The second kappa shape index (κ2) is 57.4. The normalized spacial score (nSPS) is 13.0. The predicted octanol–water partition coefficient (Wildman–Crippen LogP) is 19.3. The number of ether oxygens (including phenoxy) is 3. The largest absolute Gasteiger partial charge is 0.462 e. The number of hydrogen-bond donors (Lipinski definition) is 0. The Hall–Kier alpha value is -4.19. The van der Waals surface area contributed by atoms with Crippen LogP contribution in [0.5, 0.6) is 0 Å². The highest BCUT2D eigenvalue weighted by molar-refractivity contribution is 5.71. The highest BCUT2D eigenvalue weighted by Crippen LogP contribution is 2.15. The Labute approximate surface area is 431 Å². The van der Waals surface area contributed by atoms with Crippen molar-refractivity contribution in [3.63, 3.8) is 0 Å². The molecule has 396 valence electrons. The Morgan fingerprint density at radius 1 is 0.300 bits per heavy atom. The van der Waals surface area contributed by atoms with Crippen LogP contribution in [0.4, 0.5) is 0 Å². The first-order chi connectivity index (χ1) is 34.5. The van der Waals surface area contributed by atoms with Gasteiger partial charge in [0, 0.05) is 19.3 Å². The Bertz CT molecular complexity index is 1490. The van der Waals surface area contributed by atoms with Crippen molar-refractivity contribution in [3.05, 3.63) is 122 Å². The third kappa shape index (κ3) is 54.7. The molecule has 1 atom stereocenters. The molecule has 0 fully saturated rings. The van der Waals surface area contributed by atoms with Crippen LogP contribution >= 0.6 is 0 Å². The van der Waals surface area contributed by atoms with Gasteiger partial charge < -0.3 is 14.2 Å². The molecule has 6 heteroatoms. The summed E-state index contributed by atoms with van der Waals surface area (Å²) in [5, 5.41) is 0. The van der Waals surface area contributed by atoms with Crippen molar-refractivity contribution in [1.82, 2.24) is 0 Å². The molecule has 70 heavy (non-hydrogen) atoms. The molecule has 0 aliphatic heterocycles. The zero-order valence-electron chi connectivity index (χ0n) is 45.2. The Morgan fingerprint density at radius 2 is 0.586 bits per heavy atom. The number of unbranched alkanes of at least 4 members (excludes halogenated alkanes) is 19. The highest BCUT2D eigenvalue weighted by Gasteiger charge is 2.19. The van der Waals surface area contributed by atoms with Crippen molar-refractivity contribution in [2.24, 2.45) is 0 Å². The average molecular weight is 970 g/mol. The van der Waals surface area contributed by atoms with Crippen molar-refractivity contribution in [3.8, 4) is 0 Å². The summed E-state index contributed by atoms with van der Waals surface area (Å²) in [6.07, 6.45) is 79.1. The maximum atomic E-state index is 12.9. The van der Waals surface area contributed by atoms with Gasteiger partial charge in [-0.15, -0.1) is 0 Å². The molecular weight excluding hydrogens is 865 g/mol. The van der Waals surface area contributed by atoms with Crippen molar-refractivity contribution in [1.29, 1.82) is 0 Å². The summed E-state index contributed by atoms with van der Waals surface area (Å²) in [4.78, 5) is 38.1. The van der Waals surface area contributed by atoms with Crippen molar-refractivity contribution in [2.45, 2.75) is 252 Å². The van der Waals surface area contributed by atoms with Crippen LogP contribution in [0.2, 0.25) is 0 Å². The van der Waals surface area contributed by atoms with Gasteiger partial charge in [-0.3, -0.25) is 14.4 Å². The molecule has 1 unspecified atom stereocenters. The van der Waals surface area contributed by atoms with E-state index in [-0.39, 0.29) is 37.5 Å². The SMILES string of the molecule is CC/C=C\C/C=C\C/C=C\C/C=C\C/C=C\C/C=C\CCC(=O)OCC(COC(=O)CCCCCCCCCCCCCCCC)OC(=O)CCCCCCCC/C=C\C/C=C\C/C=C\C/C=C\CC. The first kappa shape index (κ1) is 65.8. The maximum Gasteiger partial charge on any atom is 0.306 e. The first-order valence-electron chi connectivity index (χ1n) is 28.5. The van der Waals surface area contributed by atoms with Gasteiger partial charge in [0.2, 0.25) is 0 Å². The quantitative estimate of drug-likeness (QED) is 0.0262. The van der Waals surface area contributed by atoms with E-state index in [1.807, 2.05) is 6.08 Å². The van der Waals surface area contributed by atoms with E-state index in [0.29, 0.717) is 19.3 Å². The van der Waals surface area contributed by atoms with E-state index >= 15 is 0 Å². The molecule has 0 heterocycles. The lowest BCUT2D eigenvalue weighted by Crippen LogP contribution is -2.30. The van der Waals surface area contributed by atoms with Gasteiger partial charge >= 0.3 is 17.9 Å². The summed E-state index contributed by atoms with van der Waals surface area (Å²) in [6.45, 7) is 6.34. The fourth-order valence-electron chi connectivity index (χ4n) is 7.52. The van der Waals surface area contributed by atoms with E-state index < -0.39 is 6.10 Å². The Kier molecular flexibility index (Phi) is 54.0. The minimum absolute atomic E-state index is 0.108. The molecule has 0 aromatic heterocycles. The predicted molar refractivity (Wildman–Crippen MR) is 302 cm³/mol. The molecular formula is C64H104O6. The van der Waals surface area contributed by atoms with Gasteiger partial charge in [-0.25, -0.2) is 0 Å². The summed E-state index contributed by atoms with van der Waals surface area (Å²) in [7, 11) is 0. The lowest BCUT2D eigenvalue weighted by Gasteiger charge is -2.18. The molecule has 0 radical (unpaired) electrons. The molecule has 0 spiro atoms. The van der Waals surface area contributed by atoms with Crippen molar-refractivity contribution >= 4 is 17.9 Å². The number of carbonyl (C=O) groups excluding carboxylic acids is 3. The lowest BCUT2D eigenvalue weighted by molar-refractivity contribution is -0.166. The van der Waals surface area contributed by atoms with Crippen LogP contribution in [-0.4, -0.2) is 37.2 Å². The summed E-state index contributed by atoms with van der Waals surface area (Å²) >= 11 is 0. The minimum Gasteiger partial charge on any atom is -0.462 e. The molecule has 6 nitrogen and oxygen atoms in total. The summed E-state index contributed by atoms with van der Waals surface area (Å²) in [6, 6.07) is 0. The van der Waals surface area contributed by atoms with Gasteiger partial charge in [0.25, 0.3) is 0 Å². The molecule has 0 aliphatic rings. The zero-order chi connectivity index (χ0) is 50.7. The zero-order valence-corrected chi connectivity index (χ0v) is 45.2. The van der Waals surface area contributed by atoms with E-state index in [0.717, 1.165) is 116 Å². The average Bonchev–Trinajstić information content (AvgIpc) is 3.36. The molecule has 0 rings (SSSR count). The number of allylic oxidation sites excluding steroid dienone is 20. The van der Waals surface area contributed by atoms with Crippen molar-refractivity contribution < 1.29 is 28.6 Å². The first-order valence-corrected chi connectivity index (χ1v) is 28.5. The van der Waals surface area contributed by atoms with Crippen LogP contribution < -0.4 is 0 Å². The van der Waals surface area contributed by atoms with E-state index in [1.165, 1.54) is 83.5 Å². The number of hydrogen-bond acceptors (Lipinski definition) is 6. The minimum atomic E-state index is -0.819. The smallest absolute Gasteiger partial charge is 0.306 e. The Morgan fingerprint density at radius 3 is 0.957 bits per heavy atom. The standard InChI is InChI=1S/C64H104O6/c1-4-7-10-13-16-19-22-25-28-30-32-34-36-39-42-45-48-51-54-57-63(66)69-60-61(59-68-62(65)56-53-50-47-44-41-38-27-24-21-18-15-12-9-6-3)70-64(67)58-55-52-49-46-43-40-37-35-33-31-29-26-23-20-17-14-11-8-5-2/h7-8,10-11,16-17,19-20,25-26,28-29,32-35,39,42,48,51,61H,4-6,9,12-15,18,21-24,27,30-31,36-38,40-41,43-47,49-50,52-60H2,1-3H3/b10-7-,11-8-,19-16-,20-17-,28-25-,29-26-,34-32-,35-33-,42-39-,51-48-. The molecule has 0 aromatic rings. The van der Waals surface area contributed by atoms with Gasteiger partial charge in [-0.2, -0.15) is 0 Å². The second-order valence-corrected chi connectivity index (χ2v) is 18.4. The molecule has 0 saturated heterocycles. The molecule has 0 bridgehead atoms. The van der Waals surface area contributed by atoms with Gasteiger partial charge in [0.15, 0.2) is 6.10 Å². The van der Waals surface area contributed by atoms with Crippen molar-refractivity contribution in [2.75, 3.05) is 13.2 Å². The van der Waals surface area contributed by atoms with Gasteiger partial charge in [0.05, 0.1) is 0 Å². The third-order valence-electron chi connectivity index (χ3n) is 11.7. The van der Waals surface area contributed by atoms with E-state index in [1.54, 1.807) is 0 Å². The van der Waals surface area contributed by atoms with Gasteiger partial charge in [-0.1, -0.05) is 251 Å². The monoisotopic (exact) mass is 969 g/mol. The van der Waals surface area contributed by atoms with Gasteiger partial charge in [-0.05, 0) is 96.3 Å². The summed E-state index contributed by atoms with van der Waals surface area (Å²) < 4.78 is 16.8. The van der Waals surface area contributed by atoms with Gasteiger partial charge in [0.1, 0.15) is 13.2 Å². The number of carbonyl (C=O) groups is 3. The number of rotatable bonds is 50. The fourth-order valence-corrected chi connectivity index (χ4v) is 7.52. The molecule has 0 aromatic carbocycles. The van der Waals surface area contributed by atoms with Crippen LogP contribution in [0, 0.1) is 0 Å². The summed E-state index contributed by atoms with van der Waals surface area (Å²) in [5.74, 6) is -1.01. The molecule has 0 saturated carbocycles. The van der Waals surface area contributed by atoms with E-state index in [9.17, 15) is 14.4 Å². The van der Waals surface area contributed by atoms with Crippen LogP contribution in [0.1, 0.15) is 245 Å². The van der Waals surface area contributed by atoms with Crippen LogP contribution in [0.15, 0.2) is 122 Å². The third-order valence-corrected chi connectivity index (χ3v) is 11.7. The molecule has 0 N–H and O–H groups in total. The highest BCUT2D eigenvalue weighted by atomic mass is 16.6. The van der Waals surface area contributed by atoms with Crippen LogP contribution in [0.3, 0.4) is 0 Å². The fraction of sp³-hybridized carbons (Fsp3) is 0.641. The van der Waals surface area contributed by atoms with E-state index in [2.05, 4.69) is 136 Å². The Balaban J connectivity index is 4.53. The second-order valence-electron chi connectivity index (χ2n) is 18.4. The van der Waals surface area contributed by atoms with Crippen LogP contribution in [0.25, 0.3) is 0 Å². The summed E-state index contributed by atoms with van der Waals surface area (Å²) in [5.41, 5.74) is 0.